The first kappa shape index (κ1) is 15.5. The van der Waals surface area contributed by atoms with Crippen molar-refractivity contribution in [2.75, 3.05) is 5.32 Å². The molecule has 2 aromatic rings. The highest BCUT2D eigenvalue weighted by molar-refractivity contribution is 5.56. The number of aryl methyl sites for hydroxylation is 1. The van der Waals surface area contributed by atoms with Crippen LogP contribution in [0.5, 0.6) is 5.75 Å². The Morgan fingerprint density at radius 3 is 2.73 bits per heavy atom. The molecule has 0 unspecified atom stereocenters. The van der Waals surface area contributed by atoms with Crippen molar-refractivity contribution in [3.8, 4) is 5.75 Å². The van der Waals surface area contributed by atoms with Gasteiger partial charge in [-0.05, 0) is 24.6 Å². The maximum Gasteiger partial charge on any atom is 0.387 e. The van der Waals surface area contributed by atoms with E-state index in [1.165, 1.54) is 24.4 Å². The third kappa shape index (κ3) is 4.08. The first-order valence-corrected chi connectivity index (χ1v) is 6.20. The Labute approximate surface area is 124 Å². The molecule has 2 aromatic heterocycles. The number of nitro groups is 1. The molecular weight excluding hydrogens is 298 g/mol. The molecule has 0 saturated carbocycles. The molecule has 0 aliphatic carbocycles. The molecule has 0 aliphatic rings. The van der Waals surface area contributed by atoms with E-state index >= 15 is 0 Å². The highest BCUT2D eigenvalue weighted by atomic mass is 19.3. The van der Waals surface area contributed by atoms with Crippen molar-refractivity contribution in [1.82, 2.24) is 9.97 Å². The molecule has 22 heavy (non-hydrogen) atoms. The lowest BCUT2D eigenvalue weighted by atomic mass is 10.3. The minimum absolute atomic E-state index is 0.0572. The van der Waals surface area contributed by atoms with Gasteiger partial charge in [-0.2, -0.15) is 8.78 Å². The Morgan fingerprint density at radius 1 is 1.36 bits per heavy atom. The van der Waals surface area contributed by atoms with Crippen LogP contribution in [-0.4, -0.2) is 21.5 Å². The van der Waals surface area contributed by atoms with Crippen LogP contribution >= 0.6 is 0 Å². The van der Waals surface area contributed by atoms with Gasteiger partial charge in [0.25, 0.3) is 0 Å². The fourth-order valence-electron chi connectivity index (χ4n) is 1.69. The number of pyridine rings is 2. The number of alkyl halides is 2. The number of anilines is 1. The van der Waals surface area contributed by atoms with E-state index in [4.69, 9.17) is 0 Å². The molecule has 0 atom stereocenters. The van der Waals surface area contributed by atoms with Crippen LogP contribution in [0.2, 0.25) is 0 Å². The molecule has 2 rings (SSSR count). The third-order valence-electron chi connectivity index (χ3n) is 2.66. The first-order chi connectivity index (χ1) is 10.5. The summed E-state index contributed by atoms with van der Waals surface area (Å²) in [4.78, 5) is 18.3. The molecule has 0 aromatic carbocycles. The zero-order valence-corrected chi connectivity index (χ0v) is 11.5. The molecule has 0 saturated heterocycles. The number of hydrogen-bond acceptors (Lipinski definition) is 6. The summed E-state index contributed by atoms with van der Waals surface area (Å²) in [5.74, 6) is 0.0588. The second-order valence-electron chi connectivity index (χ2n) is 4.35. The lowest BCUT2D eigenvalue weighted by Gasteiger charge is -2.07. The van der Waals surface area contributed by atoms with Crippen LogP contribution in [0.4, 0.5) is 20.3 Å². The number of aromatic nitrogens is 2. The highest BCUT2D eigenvalue weighted by Crippen LogP contribution is 2.23. The quantitative estimate of drug-likeness (QED) is 0.651. The molecule has 0 spiro atoms. The SMILES string of the molecule is Cc1cnc(NCc2ccc(OC(F)F)cn2)c([N+](=O)[O-])c1. The molecule has 1 N–H and O–H groups in total. The number of rotatable bonds is 6. The highest BCUT2D eigenvalue weighted by Gasteiger charge is 2.15. The van der Waals surface area contributed by atoms with E-state index in [-0.39, 0.29) is 23.8 Å². The third-order valence-corrected chi connectivity index (χ3v) is 2.66. The van der Waals surface area contributed by atoms with Gasteiger partial charge >= 0.3 is 12.3 Å². The van der Waals surface area contributed by atoms with Gasteiger partial charge in [-0.3, -0.25) is 15.1 Å². The summed E-state index contributed by atoms with van der Waals surface area (Å²) in [6.45, 7) is -1.05. The van der Waals surface area contributed by atoms with E-state index in [0.29, 0.717) is 11.3 Å². The Hall–Kier alpha value is -2.84. The topological polar surface area (TPSA) is 90.2 Å². The van der Waals surface area contributed by atoms with E-state index in [2.05, 4.69) is 20.0 Å². The normalized spacial score (nSPS) is 10.5. The van der Waals surface area contributed by atoms with Gasteiger partial charge < -0.3 is 10.1 Å². The second kappa shape index (κ2) is 6.74. The summed E-state index contributed by atoms with van der Waals surface area (Å²) in [7, 11) is 0. The zero-order chi connectivity index (χ0) is 16.1. The van der Waals surface area contributed by atoms with Crippen molar-refractivity contribution >= 4 is 11.5 Å². The second-order valence-corrected chi connectivity index (χ2v) is 4.35. The number of hydrogen-bond donors (Lipinski definition) is 1. The van der Waals surface area contributed by atoms with Crippen LogP contribution in [-0.2, 0) is 6.54 Å². The largest absolute Gasteiger partial charge is 0.433 e. The van der Waals surface area contributed by atoms with Crippen LogP contribution < -0.4 is 10.1 Å². The Balaban J connectivity index is 2.05. The van der Waals surface area contributed by atoms with Crippen molar-refractivity contribution in [2.24, 2.45) is 0 Å². The van der Waals surface area contributed by atoms with Crippen LogP contribution in [0.1, 0.15) is 11.3 Å². The van der Waals surface area contributed by atoms with Gasteiger partial charge in [0, 0.05) is 12.3 Å². The van der Waals surface area contributed by atoms with E-state index in [1.807, 2.05) is 0 Å². The van der Waals surface area contributed by atoms with Gasteiger partial charge in [-0.1, -0.05) is 0 Å². The van der Waals surface area contributed by atoms with E-state index < -0.39 is 11.5 Å². The van der Waals surface area contributed by atoms with E-state index in [0.717, 1.165) is 6.20 Å². The average molecular weight is 310 g/mol. The Morgan fingerprint density at radius 2 is 2.14 bits per heavy atom. The Bertz CT molecular complexity index is 665. The van der Waals surface area contributed by atoms with Crippen molar-refractivity contribution in [1.29, 1.82) is 0 Å². The predicted octanol–water partition coefficient (Wildman–Crippen LogP) is 2.91. The van der Waals surface area contributed by atoms with E-state index in [1.54, 1.807) is 6.92 Å². The summed E-state index contributed by atoms with van der Waals surface area (Å²) in [5, 5.41) is 13.7. The van der Waals surface area contributed by atoms with Crippen LogP contribution in [0.25, 0.3) is 0 Å². The van der Waals surface area contributed by atoms with Crippen molar-refractivity contribution in [3.05, 3.63) is 52.0 Å². The lowest BCUT2D eigenvalue weighted by Crippen LogP contribution is -2.07. The molecule has 2 heterocycles. The summed E-state index contributed by atoms with van der Waals surface area (Å²) in [5.41, 5.74) is 1.03. The van der Waals surface area contributed by atoms with Crippen LogP contribution in [0.15, 0.2) is 30.6 Å². The maximum absolute atomic E-state index is 12.0. The fourth-order valence-corrected chi connectivity index (χ4v) is 1.69. The Kier molecular flexibility index (Phi) is 4.77. The number of nitrogens with one attached hydrogen (secondary N) is 1. The lowest BCUT2D eigenvalue weighted by molar-refractivity contribution is -0.384. The van der Waals surface area contributed by atoms with Crippen molar-refractivity contribution in [2.45, 2.75) is 20.1 Å². The van der Waals surface area contributed by atoms with Gasteiger partial charge in [0.05, 0.1) is 23.4 Å². The average Bonchev–Trinajstić information content (AvgIpc) is 2.46. The van der Waals surface area contributed by atoms with Crippen LogP contribution in [0.3, 0.4) is 0 Å². The summed E-state index contributed by atoms with van der Waals surface area (Å²) < 4.78 is 28.2. The smallest absolute Gasteiger partial charge is 0.387 e. The molecule has 0 bridgehead atoms. The minimum atomic E-state index is -2.91. The summed E-state index contributed by atoms with van der Waals surface area (Å²) in [6.07, 6.45) is 2.66. The van der Waals surface area contributed by atoms with E-state index in [9.17, 15) is 18.9 Å². The number of halogens is 2. The predicted molar refractivity (Wildman–Crippen MR) is 73.8 cm³/mol. The minimum Gasteiger partial charge on any atom is -0.433 e. The maximum atomic E-state index is 12.0. The zero-order valence-electron chi connectivity index (χ0n) is 11.5. The molecular formula is C13H12F2N4O3. The van der Waals surface area contributed by atoms with Gasteiger partial charge in [0.2, 0.25) is 5.82 Å². The van der Waals surface area contributed by atoms with Gasteiger partial charge in [0.15, 0.2) is 0 Å². The fraction of sp³-hybridized carbons (Fsp3) is 0.231. The number of ether oxygens (including phenoxy) is 1. The molecule has 7 nitrogen and oxygen atoms in total. The van der Waals surface area contributed by atoms with Crippen LogP contribution in [0, 0.1) is 17.0 Å². The molecule has 0 fully saturated rings. The molecule has 0 aliphatic heterocycles. The van der Waals surface area contributed by atoms with Crippen molar-refractivity contribution in [3.63, 3.8) is 0 Å². The van der Waals surface area contributed by atoms with Gasteiger partial charge in [0.1, 0.15) is 5.75 Å². The first-order valence-electron chi connectivity index (χ1n) is 6.20. The standard InChI is InChI=1S/C13H12F2N4O3/c1-8-4-11(19(20)21)12(17-5-8)18-6-9-2-3-10(7-16-9)22-13(14)15/h2-5,7,13H,6H2,1H3,(H,17,18). The number of nitrogens with zero attached hydrogens (tertiary/aromatic N) is 3. The summed E-state index contributed by atoms with van der Waals surface area (Å²) in [6, 6.07) is 4.22. The van der Waals surface area contributed by atoms with Gasteiger partial charge in [-0.25, -0.2) is 4.98 Å². The monoisotopic (exact) mass is 310 g/mol. The molecule has 0 radical (unpaired) electrons. The molecule has 0 amide bonds. The molecule has 116 valence electrons. The summed E-state index contributed by atoms with van der Waals surface area (Å²) >= 11 is 0. The molecule has 9 heteroatoms. The van der Waals surface area contributed by atoms with Gasteiger partial charge in [-0.15, -0.1) is 0 Å². The van der Waals surface area contributed by atoms with Crippen molar-refractivity contribution < 1.29 is 18.4 Å².